The molecule has 0 bridgehead atoms. The van der Waals surface area contributed by atoms with Gasteiger partial charge >= 0.3 is 6.03 Å². The number of benzene rings is 1. The number of aryl methyl sites for hydroxylation is 1. The van der Waals surface area contributed by atoms with Crippen molar-refractivity contribution in [3.05, 3.63) is 29.8 Å². The van der Waals surface area contributed by atoms with E-state index in [4.69, 9.17) is 0 Å². The summed E-state index contributed by atoms with van der Waals surface area (Å²) >= 11 is 0. The Morgan fingerprint density at radius 1 is 1.27 bits per heavy atom. The Kier molecular flexibility index (Phi) is 7.95. The van der Waals surface area contributed by atoms with Crippen molar-refractivity contribution in [3.63, 3.8) is 0 Å². The quantitative estimate of drug-likeness (QED) is 0.790. The Balaban J connectivity index is 1.78. The summed E-state index contributed by atoms with van der Waals surface area (Å²) in [6.45, 7) is 6.53. The first-order valence-electron chi connectivity index (χ1n) is 9.86. The highest BCUT2D eigenvalue weighted by Crippen LogP contribution is 2.22. The van der Waals surface area contributed by atoms with E-state index in [1.807, 2.05) is 48.0 Å². The third-order valence-electron chi connectivity index (χ3n) is 5.15. The standard InChI is InChI=1S/C21H33N3O2/c1-4-5-14-23(3)20(25)13-10-18-7-6-15-24(16-18)21(26)22-19-11-8-17(2)9-12-19/h8-9,11-12,18H,4-7,10,13-16H2,1-3H3,(H,22,26)/t18-/m1/s1. The van der Waals surface area contributed by atoms with Crippen LogP contribution in [0.4, 0.5) is 10.5 Å². The monoisotopic (exact) mass is 359 g/mol. The maximum Gasteiger partial charge on any atom is 0.321 e. The minimum Gasteiger partial charge on any atom is -0.346 e. The lowest BCUT2D eigenvalue weighted by Gasteiger charge is -2.33. The van der Waals surface area contributed by atoms with Crippen molar-refractivity contribution < 1.29 is 9.59 Å². The van der Waals surface area contributed by atoms with E-state index in [2.05, 4.69) is 12.2 Å². The molecular weight excluding hydrogens is 326 g/mol. The first-order valence-corrected chi connectivity index (χ1v) is 9.86. The Morgan fingerprint density at radius 2 is 2.00 bits per heavy atom. The number of piperidine rings is 1. The summed E-state index contributed by atoms with van der Waals surface area (Å²) in [6.07, 6.45) is 5.71. The SMILES string of the molecule is CCCCN(C)C(=O)CC[C@H]1CCCN(C(=O)Nc2ccc(C)cc2)C1. The van der Waals surface area contributed by atoms with Crippen LogP contribution in [-0.2, 0) is 4.79 Å². The van der Waals surface area contributed by atoms with Gasteiger partial charge in [0, 0.05) is 38.8 Å². The number of hydrogen-bond donors (Lipinski definition) is 1. The van der Waals surface area contributed by atoms with Crippen LogP contribution in [0.3, 0.4) is 0 Å². The van der Waals surface area contributed by atoms with E-state index in [1.54, 1.807) is 0 Å². The van der Waals surface area contributed by atoms with Gasteiger partial charge in [-0.15, -0.1) is 0 Å². The summed E-state index contributed by atoms with van der Waals surface area (Å²) in [7, 11) is 1.89. The summed E-state index contributed by atoms with van der Waals surface area (Å²) < 4.78 is 0. The summed E-state index contributed by atoms with van der Waals surface area (Å²) in [5.41, 5.74) is 2.00. The van der Waals surface area contributed by atoms with Crippen LogP contribution in [0.2, 0.25) is 0 Å². The van der Waals surface area contributed by atoms with E-state index >= 15 is 0 Å². The minimum absolute atomic E-state index is 0.0371. The van der Waals surface area contributed by atoms with Gasteiger partial charge in [0.15, 0.2) is 0 Å². The molecule has 0 unspecified atom stereocenters. The molecule has 1 fully saturated rings. The molecule has 0 radical (unpaired) electrons. The molecule has 0 aromatic heterocycles. The molecule has 1 aliphatic heterocycles. The van der Waals surface area contributed by atoms with Crippen LogP contribution in [0.25, 0.3) is 0 Å². The molecule has 1 atom stereocenters. The zero-order chi connectivity index (χ0) is 18.9. The highest BCUT2D eigenvalue weighted by molar-refractivity contribution is 5.89. The van der Waals surface area contributed by atoms with E-state index in [-0.39, 0.29) is 11.9 Å². The molecule has 0 saturated carbocycles. The second-order valence-electron chi connectivity index (χ2n) is 7.46. The van der Waals surface area contributed by atoms with E-state index in [9.17, 15) is 9.59 Å². The van der Waals surface area contributed by atoms with Crippen molar-refractivity contribution >= 4 is 17.6 Å². The molecule has 3 amide bonds. The maximum atomic E-state index is 12.5. The fourth-order valence-electron chi connectivity index (χ4n) is 3.36. The van der Waals surface area contributed by atoms with Crippen LogP contribution in [0.5, 0.6) is 0 Å². The van der Waals surface area contributed by atoms with Crippen LogP contribution >= 0.6 is 0 Å². The number of unbranched alkanes of at least 4 members (excludes halogenated alkanes) is 1. The highest BCUT2D eigenvalue weighted by Gasteiger charge is 2.24. The Hall–Kier alpha value is -2.04. The molecular formula is C21H33N3O2. The number of nitrogens with zero attached hydrogens (tertiary/aromatic N) is 2. The van der Waals surface area contributed by atoms with Crippen molar-refractivity contribution in [1.29, 1.82) is 0 Å². The van der Waals surface area contributed by atoms with Crippen LogP contribution in [0, 0.1) is 12.8 Å². The molecule has 2 rings (SSSR count). The number of likely N-dealkylation sites (tertiary alicyclic amines) is 1. The number of nitrogens with one attached hydrogen (secondary N) is 1. The van der Waals surface area contributed by atoms with Crippen LogP contribution in [0.1, 0.15) is 51.0 Å². The van der Waals surface area contributed by atoms with Crippen molar-refractivity contribution in [3.8, 4) is 0 Å². The largest absolute Gasteiger partial charge is 0.346 e. The highest BCUT2D eigenvalue weighted by atomic mass is 16.2. The molecule has 1 saturated heterocycles. The van der Waals surface area contributed by atoms with Gasteiger partial charge in [-0.05, 0) is 50.7 Å². The number of urea groups is 1. The molecule has 1 heterocycles. The lowest BCUT2D eigenvalue weighted by molar-refractivity contribution is -0.130. The normalized spacial score (nSPS) is 17.0. The topological polar surface area (TPSA) is 52.7 Å². The lowest BCUT2D eigenvalue weighted by atomic mass is 9.93. The Morgan fingerprint density at radius 3 is 2.69 bits per heavy atom. The summed E-state index contributed by atoms with van der Waals surface area (Å²) in [5.74, 6) is 0.635. The zero-order valence-corrected chi connectivity index (χ0v) is 16.5. The smallest absolute Gasteiger partial charge is 0.321 e. The number of anilines is 1. The van der Waals surface area contributed by atoms with Gasteiger partial charge in [0.1, 0.15) is 0 Å². The predicted octanol–water partition coefficient (Wildman–Crippen LogP) is 4.28. The predicted molar refractivity (Wildman–Crippen MR) is 106 cm³/mol. The van der Waals surface area contributed by atoms with Gasteiger partial charge < -0.3 is 15.1 Å². The third-order valence-corrected chi connectivity index (χ3v) is 5.15. The van der Waals surface area contributed by atoms with Gasteiger partial charge in [0.05, 0.1) is 0 Å². The molecule has 0 aliphatic carbocycles. The van der Waals surface area contributed by atoms with E-state index in [0.29, 0.717) is 12.3 Å². The molecule has 144 valence electrons. The van der Waals surface area contributed by atoms with Gasteiger partial charge in [-0.3, -0.25) is 4.79 Å². The Labute approximate surface area is 157 Å². The van der Waals surface area contributed by atoms with E-state index in [1.165, 1.54) is 5.56 Å². The molecule has 5 nitrogen and oxygen atoms in total. The number of hydrogen-bond acceptors (Lipinski definition) is 2. The summed E-state index contributed by atoms with van der Waals surface area (Å²) in [4.78, 5) is 28.4. The van der Waals surface area contributed by atoms with Crippen LogP contribution in [-0.4, -0.2) is 48.4 Å². The lowest BCUT2D eigenvalue weighted by Crippen LogP contribution is -2.42. The molecule has 5 heteroatoms. The second kappa shape index (κ2) is 10.2. The van der Waals surface area contributed by atoms with Crippen molar-refractivity contribution in [2.24, 2.45) is 5.92 Å². The molecule has 0 spiro atoms. The van der Waals surface area contributed by atoms with Gasteiger partial charge in [0.25, 0.3) is 0 Å². The minimum atomic E-state index is -0.0371. The fourth-order valence-corrected chi connectivity index (χ4v) is 3.36. The number of carbonyl (C=O) groups excluding carboxylic acids is 2. The summed E-state index contributed by atoms with van der Waals surface area (Å²) in [5, 5.41) is 2.98. The fraction of sp³-hybridized carbons (Fsp3) is 0.619. The van der Waals surface area contributed by atoms with Gasteiger partial charge in [-0.25, -0.2) is 4.79 Å². The average molecular weight is 360 g/mol. The first kappa shape index (κ1) is 20.3. The Bertz CT molecular complexity index is 585. The van der Waals surface area contributed by atoms with Crippen molar-refractivity contribution in [1.82, 2.24) is 9.80 Å². The van der Waals surface area contributed by atoms with Crippen LogP contribution in [0.15, 0.2) is 24.3 Å². The van der Waals surface area contributed by atoms with Gasteiger partial charge in [-0.2, -0.15) is 0 Å². The molecule has 1 aliphatic rings. The average Bonchev–Trinajstić information content (AvgIpc) is 2.66. The number of amides is 3. The van der Waals surface area contributed by atoms with E-state index in [0.717, 1.165) is 57.4 Å². The third kappa shape index (κ3) is 6.36. The van der Waals surface area contributed by atoms with Gasteiger partial charge in [-0.1, -0.05) is 31.0 Å². The molecule has 1 aromatic rings. The molecule has 1 N–H and O–H groups in total. The van der Waals surface area contributed by atoms with Crippen molar-refractivity contribution in [2.75, 3.05) is 32.0 Å². The van der Waals surface area contributed by atoms with Crippen LogP contribution < -0.4 is 5.32 Å². The molecule has 1 aromatic carbocycles. The van der Waals surface area contributed by atoms with Crippen molar-refractivity contribution in [2.45, 2.75) is 52.4 Å². The second-order valence-corrected chi connectivity index (χ2v) is 7.46. The zero-order valence-electron chi connectivity index (χ0n) is 16.5. The number of carbonyl (C=O) groups is 2. The van der Waals surface area contributed by atoms with E-state index < -0.39 is 0 Å². The first-order chi connectivity index (χ1) is 12.5. The summed E-state index contributed by atoms with van der Waals surface area (Å²) in [6, 6.07) is 7.81. The van der Waals surface area contributed by atoms with Gasteiger partial charge in [0.2, 0.25) is 5.91 Å². The number of rotatable bonds is 7. The maximum absolute atomic E-state index is 12.5. The molecule has 26 heavy (non-hydrogen) atoms.